The summed E-state index contributed by atoms with van der Waals surface area (Å²) in [5.74, 6) is -0.979. The van der Waals surface area contributed by atoms with Crippen LogP contribution < -0.4 is 0 Å². The number of fused-ring (bicyclic) bond motifs is 3. The molecule has 3 fully saturated rings. The molecule has 3 heterocycles. The second-order valence-electron chi connectivity index (χ2n) is 6.65. The summed E-state index contributed by atoms with van der Waals surface area (Å²) in [6.45, 7) is 9.22. The third-order valence-corrected chi connectivity index (χ3v) is 3.53. The molecular weight excluding hydrogens is 248 g/mol. The molecule has 3 atom stereocenters. The fourth-order valence-corrected chi connectivity index (χ4v) is 2.76. The SMILES string of the molecule is CC(C)[C@H]1O[C@H]2CC[C@]1(C(=O)OC(C)(C)C)C(=O)O2. The summed E-state index contributed by atoms with van der Waals surface area (Å²) in [6.07, 6.45) is 0.00852. The maximum absolute atomic E-state index is 12.5. The Balaban J connectivity index is 2.34. The molecule has 5 nitrogen and oxygen atoms in total. The van der Waals surface area contributed by atoms with Crippen LogP contribution in [0, 0.1) is 11.3 Å². The zero-order valence-corrected chi connectivity index (χ0v) is 12.2. The van der Waals surface area contributed by atoms with Gasteiger partial charge in [-0.3, -0.25) is 9.59 Å². The molecule has 3 aliphatic heterocycles. The van der Waals surface area contributed by atoms with Gasteiger partial charge >= 0.3 is 11.9 Å². The van der Waals surface area contributed by atoms with Gasteiger partial charge in [0.25, 0.3) is 0 Å². The normalized spacial score (nSPS) is 34.3. The summed E-state index contributed by atoms with van der Waals surface area (Å²) in [6, 6.07) is 0. The van der Waals surface area contributed by atoms with Gasteiger partial charge < -0.3 is 14.2 Å². The van der Waals surface area contributed by atoms with E-state index in [4.69, 9.17) is 14.2 Å². The molecule has 0 aromatic heterocycles. The van der Waals surface area contributed by atoms with Gasteiger partial charge in [0.05, 0.1) is 6.10 Å². The molecule has 2 bridgehead atoms. The Morgan fingerprint density at radius 2 is 2.05 bits per heavy atom. The Labute approximate surface area is 113 Å². The van der Waals surface area contributed by atoms with Gasteiger partial charge in [-0.15, -0.1) is 0 Å². The maximum atomic E-state index is 12.5. The van der Waals surface area contributed by atoms with E-state index in [9.17, 15) is 9.59 Å². The lowest BCUT2D eigenvalue weighted by atomic mass is 9.70. The standard InChI is InChI=1S/C14H22O5/c1-8(2)10-14(12(16)19-13(3,4)5)7-6-9(17-10)18-11(14)15/h8-10H,6-7H2,1-5H3/t9-,10-,14-/m1/s1. The zero-order valence-electron chi connectivity index (χ0n) is 12.2. The van der Waals surface area contributed by atoms with Crippen LogP contribution >= 0.6 is 0 Å². The van der Waals surface area contributed by atoms with Crippen molar-refractivity contribution in [3.63, 3.8) is 0 Å². The van der Waals surface area contributed by atoms with E-state index in [0.29, 0.717) is 12.8 Å². The van der Waals surface area contributed by atoms with Gasteiger partial charge in [0.2, 0.25) is 6.29 Å². The highest BCUT2D eigenvalue weighted by Gasteiger charge is 2.64. The molecule has 0 amide bonds. The van der Waals surface area contributed by atoms with Crippen molar-refractivity contribution in [1.82, 2.24) is 0 Å². The van der Waals surface area contributed by atoms with Crippen LogP contribution in [0.2, 0.25) is 0 Å². The Kier molecular flexibility index (Phi) is 3.37. The lowest BCUT2D eigenvalue weighted by Gasteiger charge is -2.49. The van der Waals surface area contributed by atoms with Crippen molar-refractivity contribution < 1.29 is 23.8 Å². The molecule has 0 spiro atoms. The zero-order chi connectivity index (χ0) is 14.4. The molecule has 0 radical (unpaired) electrons. The summed E-state index contributed by atoms with van der Waals surface area (Å²) in [5.41, 5.74) is -1.93. The van der Waals surface area contributed by atoms with Crippen LogP contribution in [0.5, 0.6) is 0 Å². The fraction of sp³-hybridized carbons (Fsp3) is 0.857. The Hall–Kier alpha value is -1.10. The van der Waals surface area contributed by atoms with E-state index in [1.165, 1.54) is 0 Å². The number of carbonyl (C=O) groups excluding carboxylic acids is 2. The Morgan fingerprint density at radius 3 is 2.53 bits per heavy atom. The lowest BCUT2D eigenvalue weighted by Crippen LogP contribution is -2.63. The van der Waals surface area contributed by atoms with Crippen LogP contribution in [0.15, 0.2) is 0 Å². The highest BCUT2D eigenvalue weighted by molar-refractivity contribution is 6.02. The van der Waals surface area contributed by atoms with Crippen LogP contribution in [0.25, 0.3) is 0 Å². The first kappa shape index (κ1) is 14.3. The number of hydrogen-bond acceptors (Lipinski definition) is 5. The van der Waals surface area contributed by atoms with Crippen molar-refractivity contribution in [2.75, 3.05) is 0 Å². The van der Waals surface area contributed by atoms with E-state index in [0.717, 1.165) is 0 Å². The number of carbonyl (C=O) groups is 2. The second kappa shape index (κ2) is 4.47. The van der Waals surface area contributed by atoms with Crippen LogP contribution in [0.3, 0.4) is 0 Å². The number of ether oxygens (including phenoxy) is 3. The van der Waals surface area contributed by atoms with Gasteiger partial charge in [-0.25, -0.2) is 0 Å². The first-order valence-corrected chi connectivity index (χ1v) is 6.77. The third kappa shape index (κ3) is 2.36. The van der Waals surface area contributed by atoms with Gasteiger partial charge in [0.15, 0.2) is 5.41 Å². The smallest absolute Gasteiger partial charge is 0.328 e. The molecule has 0 N–H and O–H groups in total. The summed E-state index contributed by atoms with van der Waals surface area (Å²) in [4.78, 5) is 24.7. The van der Waals surface area contributed by atoms with E-state index in [2.05, 4.69) is 0 Å². The molecule has 108 valence electrons. The molecule has 0 aromatic carbocycles. The molecule has 3 saturated heterocycles. The van der Waals surface area contributed by atoms with E-state index in [1.807, 2.05) is 13.8 Å². The first-order valence-electron chi connectivity index (χ1n) is 6.77. The first-order chi connectivity index (χ1) is 8.67. The summed E-state index contributed by atoms with van der Waals surface area (Å²) in [5, 5.41) is 0. The quantitative estimate of drug-likeness (QED) is 0.567. The van der Waals surface area contributed by atoms with Crippen LogP contribution in [0.1, 0.15) is 47.5 Å². The van der Waals surface area contributed by atoms with E-state index in [1.54, 1.807) is 20.8 Å². The van der Waals surface area contributed by atoms with E-state index < -0.39 is 35.3 Å². The molecule has 0 unspecified atom stereocenters. The fourth-order valence-electron chi connectivity index (χ4n) is 2.76. The Bertz CT molecular complexity index is 395. The minimum Gasteiger partial charge on any atom is -0.459 e. The molecule has 0 saturated carbocycles. The predicted octanol–water partition coefficient (Wildman–Crippen LogP) is 2.03. The molecular formula is C14H22O5. The molecule has 19 heavy (non-hydrogen) atoms. The van der Waals surface area contributed by atoms with Crippen LogP contribution in [-0.4, -0.2) is 29.9 Å². The van der Waals surface area contributed by atoms with Crippen molar-refractivity contribution in [3.8, 4) is 0 Å². The average molecular weight is 270 g/mol. The van der Waals surface area contributed by atoms with Crippen molar-refractivity contribution >= 4 is 11.9 Å². The van der Waals surface area contributed by atoms with Crippen molar-refractivity contribution in [3.05, 3.63) is 0 Å². The summed E-state index contributed by atoms with van der Waals surface area (Å²) in [7, 11) is 0. The van der Waals surface area contributed by atoms with Crippen molar-refractivity contribution in [2.45, 2.75) is 65.5 Å². The van der Waals surface area contributed by atoms with E-state index in [-0.39, 0.29) is 5.92 Å². The van der Waals surface area contributed by atoms with Gasteiger partial charge in [0.1, 0.15) is 5.60 Å². The van der Waals surface area contributed by atoms with Crippen molar-refractivity contribution in [2.24, 2.45) is 11.3 Å². The largest absolute Gasteiger partial charge is 0.459 e. The summed E-state index contributed by atoms with van der Waals surface area (Å²) >= 11 is 0. The number of hydrogen-bond donors (Lipinski definition) is 0. The minimum absolute atomic E-state index is 0.0446. The van der Waals surface area contributed by atoms with Crippen molar-refractivity contribution in [1.29, 1.82) is 0 Å². The lowest BCUT2D eigenvalue weighted by molar-refractivity contribution is -0.286. The minimum atomic E-state index is -1.30. The monoisotopic (exact) mass is 270 g/mol. The molecule has 3 aliphatic rings. The van der Waals surface area contributed by atoms with Gasteiger partial charge in [-0.2, -0.15) is 0 Å². The molecule has 0 aliphatic carbocycles. The highest BCUT2D eigenvalue weighted by Crippen LogP contribution is 2.47. The number of esters is 2. The maximum Gasteiger partial charge on any atom is 0.328 e. The van der Waals surface area contributed by atoms with E-state index >= 15 is 0 Å². The van der Waals surface area contributed by atoms with Gasteiger partial charge in [0, 0.05) is 6.42 Å². The Morgan fingerprint density at radius 1 is 1.42 bits per heavy atom. The van der Waals surface area contributed by atoms with Crippen LogP contribution in [0.4, 0.5) is 0 Å². The molecule has 5 heteroatoms. The second-order valence-corrected chi connectivity index (χ2v) is 6.65. The topological polar surface area (TPSA) is 61.8 Å². The van der Waals surface area contributed by atoms with Crippen LogP contribution in [-0.2, 0) is 23.8 Å². The molecule has 0 aromatic rings. The third-order valence-electron chi connectivity index (χ3n) is 3.53. The van der Waals surface area contributed by atoms with Gasteiger partial charge in [-0.05, 0) is 33.1 Å². The van der Waals surface area contributed by atoms with Gasteiger partial charge in [-0.1, -0.05) is 13.8 Å². The average Bonchev–Trinajstić information content (AvgIpc) is 2.26. The predicted molar refractivity (Wildman–Crippen MR) is 67.1 cm³/mol. The highest BCUT2D eigenvalue weighted by atomic mass is 16.7. The molecule has 3 rings (SSSR count). The summed E-state index contributed by atoms with van der Waals surface area (Å²) < 4.78 is 16.3. The number of rotatable bonds is 2.